The first-order valence-corrected chi connectivity index (χ1v) is 7.54. The summed E-state index contributed by atoms with van der Waals surface area (Å²) in [4.78, 5) is 2.79. The lowest BCUT2D eigenvalue weighted by molar-refractivity contribution is 1.15. The van der Waals surface area contributed by atoms with Crippen LogP contribution in [0.5, 0.6) is 0 Å². The molecule has 2 rings (SSSR count). The van der Waals surface area contributed by atoms with E-state index in [1.165, 1.54) is 43.2 Å². The van der Waals surface area contributed by atoms with Crippen molar-refractivity contribution in [2.45, 2.75) is 51.3 Å². The SMILES string of the molecule is Cc1cc(C)c(C)c(Sc2c(C)ccc(C)c2C)c1. The molecule has 100 valence electrons. The lowest BCUT2D eigenvalue weighted by atomic mass is 10.1. The topological polar surface area (TPSA) is 0 Å². The minimum Gasteiger partial charge on any atom is -0.0892 e. The first-order chi connectivity index (χ1) is 8.90. The Balaban J connectivity index is 2.51. The van der Waals surface area contributed by atoms with Crippen molar-refractivity contribution in [3.63, 3.8) is 0 Å². The summed E-state index contributed by atoms with van der Waals surface area (Å²) in [5, 5.41) is 0. The van der Waals surface area contributed by atoms with Crippen molar-refractivity contribution < 1.29 is 0 Å². The maximum atomic E-state index is 2.30. The molecule has 0 heterocycles. The van der Waals surface area contributed by atoms with Crippen LogP contribution in [0.25, 0.3) is 0 Å². The zero-order valence-electron chi connectivity index (χ0n) is 12.7. The zero-order chi connectivity index (χ0) is 14.2. The van der Waals surface area contributed by atoms with Gasteiger partial charge in [0.05, 0.1) is 0 Å². The van der Waals surface area contributed by atoms with Crippen LogP contribution in [0, 0.1) is 41.5 Å². The van der Waals surface area contributed by atoms with Gasteiger partial charge in [0.15, 0.2) is 0 Å². The minimum absolute atomic E-state index is 1.34. The van der Waals surface area contributed by atoms with Crippen molar-refractivity contribution in [2.24, 2.45) is 0 Å². The third-order valence-electron chi connectivity index (χ3n) is 3.85. The molecule has 0 nitrogen and oxygen atoms in total. The Morgan fingerprint density at radius 2 is 1.32 bits per heavy atom. The van der Waals surface area contributed by atoms with Gasteiger partial charge in [-0.3, -0.25) is 0 Å². The Kier molecular flexibility index (Phi) is 4.05. The van der Waals surface area contributed by atoms with Gasteiger partial charge < -0.3 is 0 Å². The van der Waals surface area contributed by atoms with Crippen LogP contribution in [0.4, 0.5) is 0 Å². The molecule has 0 saturated carbocycles. The second kappa shape index (κ2) is 5.42. The summed E-state index contributed by atoms with van der Waals surface area (Å²) in [5.41, 5.74) is 8.26. The van der Waals surface area contributed by atoms with Gasteiger partial charge in [0.2, 0.25) is 0 Å². The second-order valence-corrected chi connectivity index (χ2v) is 6.51. The average Bonchev–Trinajstić information content (AvgIpc) is 2.35. The van der Waals surface area contributed by atoms with Crippen molar-refractivity contribution in [1.82, 2.24) is 0 Å². The van der Waals surface area contributed by atoms with Crippen LogP contribution < -0.4 is 0 Å². The van der Waals surface area contributed by atoms with Crippen LogP contribution in [0.2, 0.25) is 0 Å². The van der Waals surface area contributed by atoms with E-state index in [9.17, 15) is 0 Å². The third kappa shape index (κ3) is 2.87. The highest BCUT2D eigenvalue weighted by molar-refractivity contribution is 7.99. The van der Waals surface area contributed by atoms with Crippen LogP contribution in [0.1, 0.15) is 33.4 Å². The Labute approximate surface area is 121 Å². The number of hydrogen-bond donors (Lipinski definition) is 0. The quantitative estimate of drug-likeness (QED) is 0.675. The molecule has 0 atom stereocenters. The maximum Gasteiger partial charge on any atom is 0.0183 e. The van der Waals surface area contributed by atoms with Gasteiger partial charge in [0, 0.05) is 9.79 Å². The van der Waals surface area contributed by atoms with Crippen molar-refractivity contribution in [2.75, 3.05) is 0 Å². The normalized spacial score (nSPS) is 10.8. The zero-order valence-corrected chi connectivity index (χ0v) is 13.5. The molecule has 0 aromatic heterocycles. The Morgan fingerprint density at radius 1 is 0.684 bits per heavy atom. The van der Waals surface area contributed by atoms with E-state index in [1.54, 1.807) is 0 Å². The maximum absolute atomic E-state index is 2.30. The van der Waals surface area contributed by atoms with Crippen LogP contribution in [-0.2, 0) is 0 Å². The summed E-state index contributed by atoms with van der Waals surface area (Å²) in [6, 6.07) is 9.00. The molecule has 0 saturated heterocycles. The summed E-state index contributed by atoms with van der Waals surface area (Å²) in [6.07, 6.45) is 0. The van der Waals surface area contributed by atoms with Crippen molar-refractivity contribution in [3.05, 3.63) is 57.6 Å². The van der Waals surface area contributed by atoms with Gasteiger partial charge in [-0.2, -0.15) is 0 Å². The van der Waals surface area contributed by atoms with E-state index in [1.807, 2.05) is 11.8 Å². The van der Waals surface area contributed by atoms with Crippen molar-refractivity contribution in [3.8, 4) is 0 Å². The fourth-order valence-electron chi connectivity index (χ4n) is 2.30. The van der Waals surface area contributed by atoms with E-state index in [4.69, 9.17) is 0 Å². The lowest BCUT2D eigenvalue weighted by Crippen LogP contribution is -1.92. The molecule has 0 aliphatic heterocycles. The monoisotopic (exact) mass is 270 g/mol. The van der Waals surface area contributed by atoms with Crippen LogP contribution >= 0.6 is 11.8 Å². The van der Waals surface area contributed by atoms with Crippen LogP contribution in [0.3, 0.4) is 0 Å². The highest BCUT2D eigenvalue weighted by Crippen LogP contribution is 2.37. The number of hydrogen-bond acceptors (Lipinski definition) is 1. The fourth-order valence-corrected chi connectivity index (χ4v) is 3.62. The molecule has 2 aromatic rings. The molecule has 1 heteroatoms. The van der Waals surface area contributed by atoms with Gasteiger partial charge >= 0.3 is 0 Å². The van der Waals surface area contributed by atoms with E-state index in [-0.39, 0.29) is 0 Å². The first-order valence-electron chi connectivity index (χ1n) is 6.72. The van der Waals surface area contributed by atoms with Gasteiger partial charge in [0.1, 0.15) is 0 Å². The van der Waals surface area contributed by atoms with Crippen molar-refractivity contribution in [1.29, 1.82) is 0 Å². The molecule has 0 aliphatic carbocycles. The molecule has 19 heavy (non-hydrogen) atoms. The largest absolute Gasteiger partial charge is 0.0892 e. The summed E-state index contributed by atoms with van der Waals surface area (Å²) in [6.45, 7) is 13.2. The number of aryl methyl sites for hydroxylation is 4. The molecule has 0 bridgehead atoms. The van der Waals surface area contributed by atoms with E-state index >= 15 is 0 Å². The van der Waals surface area contributed by atoms with Gasteiger partial charge in [-0.15, -0.1) is 0 Å². The van der Waals surface area contributed by atoms with Gasteiger partial charge in [0.25, 0.3) is 0 Å². The fraction of sp³-hybridized carbons (Fsp3) is 0.333. The Bertz CT molecular complexity index is 624. The van der Waals surface area contributed by atoms with E-state index < -0.39 is 0 Å². The molecule has 2 aromatic carbocycles. The molecular weight excluding hydrogens is 248 g/mol. The standard InChI is InChI=1S/C18H22S/c1-11-9-14(4)15(5)17(10-11)19-18-13(3)8-7-12(2)16(18)6/h7-10H,1-6H3. The smallest absolute Gasteiger partial charge is 0.0183 e. The molecule has 0 radical (unpaired) electrons. The first kappa shape index (κ1) is 14.2. The molecule has 0 unspecified atom stereocenters. The summed E-state index contributed by atoms with van der Waals surface area (Å²) >= 11 is 1.91. The number of benzene rings is 2. The van der Waals surface area contributed by atoms with Gasteiger partial charge in [-0.1, -0.05) is 30.0 Å². The lowest BCUT2D eigenvalue weighted by Gasteiger charge is -2.15. The van der Waals surface area contributed by atoms with E-state index in [0.717, 1.165) is 0 Å². The van der Waals surface area contributed by atoms with E-state index in [0.29, 0.717) is 0 Å². The van der Waals surface area contributed by atoms with Crippen LogP contribution in [-0.4, -0.2) is 0 Å². The molecular formula is C18H22S. The predicted octanol–water partition coefficient (Wildman–Crippen LogP) is 5.69. The van der Waals surface area contributed by atoms with Gasteiger partial charge in [-0.05, 0) is 81.0 Å². The summed E-state index contributed by atoms with van der Waals surface area (Å²) < 4.78 is 0. The third-order valence-corrected chi connectivity index (χ3v) is 5.33. The molecule has 0 N–H and O–H groups in total. The minimum atomic E-state index is 1.34. The second-order valence-electron chi connectivity index (χ2n) is 5.46. The van der Waals surface area contributed by atoms with Crippen LogP contribution in [0.15, 0.2) is 34.1 Å². The molecule has 0 aliphatic rings. The predicted molar refractivity (Wildman–Crippen MR) is 85.4 cm³/mol. The van der Waals surface area contributed by atoms with E-state index in [2.05, 4.69) is 65.8 Å². The summed E-state index contributed by atoms with van der Waals surface area (Å²) in [7, 11) is 0. The Hall–Kier alpha value is -1.21. The average molecular weight is 270 g/mol. The summed E-state index contributed by atoms with van der Waals surface area (Å²) in [5.74, 6) is 0. The molecule has 0 amide bonds. The number of rotatable bonds is 2. The Morgan fingerprint density at radius 3 is 2.00 bits per heavy atom. The highest BCUT2D eigenvalue weighted by atomic mass is 32.2. The van der Waals surface area contributed by atoms with Crippen molar-refractivity contribution >= 4 is 11.8 Å². The van der Waals surface area contributed by atoms with Gasteiger partial charge in [-0.25, -0.2) is 0 Å². The molecule has 0 spiro atoms. The highest BCUT2D eigenvalue weighted by Gasteiger charge is 2.10. The molecule has 0 fully saturated rings.